The predicted octanol–water partition coefficient (Wildman–Crippen LogP) is 4.11. The molecule has 0 bridgehead atoms. The van der Waals surface area contributed by atoms with Crippen LogP contribution in [0, 0.1) is 0 Å². The quantitative estimate of drug-likeness (QED) is 0.478. The summed E-state index contributed by atoms with van der Waals surface area (Å²) >= 11 is 5.82. The van der Waals surface area contributed by atoms with Crippen LogP contribution in [0.4, 0.5) is 11.4 Å². The standard InChI is InChI=1S/C13H15N3.C9H7ClN2/c1-3-11-4-2-6-15-13(11)12(5-1)16-9-7-14-8-10-16;10-7-4-6-2-1-3-12-9(6)8(11)5-7/h1-6,14H,7-10H2;1-5H,11H2. The summed E-state index contributed by atoms with van der Waals surface area (Å²) in [5, 5.41) is 6.21. The average molecular weight is 392 g/mol. The zero-order valence-corrected chi connectivity index (χ0v) is 16.2. The van der Waals surface area contributed by atoms with Gasteiger partial charge in [-0.15, -0.1) is 0 Å². The van der Waals surface area contributed by atoms with Crippen LogP contribution in [0.2, 0.25) is 5.02 Å². The van der Waals surface area contributed by atoms with Gasteiger partial charge in [-0.05, 0) is 30.3 Å². The molecule has 142 valence electrons. The van der Waals surface area contributed by atoms with Crippen LogP contribution >= 0.6 is 11.6 Å². The molecule has 2 aromatic heterocycles. The van der Waals surface area contributed by atoms with Crippen molar-refractivity contribution in [1.29, 1.82) is 0 Å². The van der Waals surface area contributed by atoms with Gasteiger partial charge in [-0.2, -0.15) is 0 Å². The minimum atomic E-state index is 0.623. The van der Waals surface area contributed by atoms with E-state index < -0.39 is 0 Å². The zero-order chi connectivity index (χ0) is 19.3. The van der Waals surface area contributed by atoms with E-state index in [0.29, 0.717) is 10.7 Å². The first-order valence-corrected chi connectivity index (χ1v) is 9.69. The Kier molecular flexibility index (Phi) is 5.55. The number of pyridine rings is 2. The third-order valence-corrected chi connectivity index (χ3v) is 4.99. The van der Waals surface area contributed by atoms with Crippen LogP contribution in [0.25, 0.3) is 21.8 Å². The van der Waals surface area contributed by atoms with Gasteiger partial charge in [0.15, 0.2) is 0 Å². The summed E-state index contributed by atoms with van der Waals surface area (Å²) in [6.45, 7) is 4.25. The number of nitrogen functional groups attached to an aromatic ring is 1. The molecule has 6 heteroatoms. The number of nitrogens with one attached hydrogen (secondary N) is 1. The van der Waals surface area contributed by atoms with Gasteiger partial charge in [-0.25, -0.2) is 0 Å². The van der Waals surface area contributed by atoms with Crippen molar-refractivity contribution in [2.75, 3.05) is 36.8 Å². The molecule has 0 radical (unpaired) electrons. The summed E-state index contributed by atoms with van der Waals surface area (Å²) in [7, 11) is 0. The largest absolute Gasteiger partial charge is 0.397 e. The van der Waals surface area contributed by atoms with Gasteiger partial charge in [0.1, 0.15) is 0 Å². The number of halogens is 1. The van der Waals surface area contributed by atoms with E-state index in [4.69, 9.17) is 17.3 Å². The smallest absolute Gasteiger partial charge is 0.0935 e. The van der Waals surface area contributed by atoms with Crippen molar-refractivity contribution in [2.45, 2.75) is 0 Å². The Morgan fingerprint density at radius 3 is 2.32 bits per heavy atom. The fourth-order valence-electron chi connectivity index (χ4n) is 3.43. The zero-order valence-electron chi connectivity index (χ0n) is 15.5. The average Bonchev–Trinajstić information content (AvgIpc) is 2.74. The van der Waals surface area contributed by atoms with E-state index in [9.17, 15) is 0 Å². The van der Waals surface area contributed by atoms with Crippen LogP contribution < -0.4 is 16.0 Å². The summed E-state index contributed by atoms with van der Waals surface area (Å²) in [6, 6.07) is 17.9. The van der Waals surface area contributed by atoms with Crippen molar-refractivity contribution in [3.8, 4) is 0 Å². The van der Waals surface area contributed by atoms with Gasteiger partial charge in [0.2, 0.25) is 0 Å². The Labute approximate surface area is 169 Å². The van der Waals surface area contributed by atoms with E-state index >= 15 is 0 Å². The summed E-state index contributed by atoms with van der Waals surface area (Å²) in [5.41, 5.74) is 9.52. The SMILES string of the molecule is Nc1cc(Cl)cc2cccnc12.c1cnc2c(N3CCNCC3)cccc2c1. The van der Waals surface area contributed by atoms with E-state index in [1.54, 1.807) is 12.3 Å². The molecular weight excluding hydrogens is 370 g/mol. The van der Waals surface area contributed by atoms with Gasteiger partial charge in [-0.1, -0.05) is 35.9 Å². The van der Waals surface area contributed by atoms with Crippen LogP contribution in [0.1, 0.15) is 0 Å². The van der Waals surface area contributed by atoms with Crippen molar-refractivity contribution in [3.05, 3.63) is 72.0 Å². The van der Waals surface area contributed by atoms with Crippen LogP contribution in [-0.4, -0.2) is 36.1 Å². The van der Waals surface area contributed by atoms with E-state index in [0.717, 1.165) is 42.6 Å². The molecule has 5 nitrogen and oxygen atoms in total. The number of anilines is 2. The second-order valence-corrected chi connectivity index (χ2v) is 7.10. The van der Waals surface area contributed by atoms with Crippen LogP contribution in [-0.2, 0) is 0 Å². The number of para-hydroxylation sites is 1. The molecule has 1 aliphatic rings. The molecule has 1 saturated heterocycles. The number of piperazine rings is 1. The highest BCUT2D eigenvalue weighted by Crippen LogP contribution is 2.25. The molecule has 2 aromatic carbocycles. The first-order valence-electron chi connectivity index (χ1n) is 9.31. The molecule has 3 N–H and O–H groups in total. The number of aromatic nitrogens is 2. The molecule has 4 aromatic rings. The lowest BCUT2D eigenvalue weighted by molar-refractivity contribution is 0.590. The lowest BCUT2D eigenvalue weighted by atomic mass is 10.1. The minimum Gasteiger partial charge on any atom is -0.397 e. The summed E-state index contributed by atoms with van der Waals surface area (Å²) in [4.78, 5) is 11.0. The van der Waals surface area contributed by atoms with Gasteiger partial charge in [-0.3, -0.25) is 9.97 Å². The molecule has 28 heavy (non-hydrogen) atoms. The molecule has 1 aliphatic heterocycles. The topological polar surface area (TPSA) is 67.1 Å². The maximum atomic E-state index is 5.82. The molecule has 0 spiro atoms. The molecule has 0 unspecified atom stereocenters. The van der Waals surface area contributed by atoms with Gasteiger partial charge in [0.05, 0.1) is 22.4 Å². The molecule has 1 fully saturated rings. The molecule has 0 aliphatic carbocycles. The second-order valence-electron chi connectivity index (χ2n) is 6.66. The fourth-order valence-corrected chi connectivity index (χ4v) is 3.67. The van der Waals surface area contributed by atoms with Crippen molar-refractivity contribution in [1.82, 2.24) is 15.3 Å². The molecular formula is C22H22ClN5. The van der Waals surface area contributed by atoms with Crippen LogP contribution in [0.15, 0.2) is 67.0 Å². The predicted molar refractivity (Wildman–Crippen MR) is 118 cm³/mol. The Balaban J connectivity index is 0.000000143. The Bertz CT molecular complexity index is 1090. The Morgan fingerprint density at radius 1 is 0.857 bits per heavy atom. The number of nitrogens with two attached hydrogens (primary N) is 1. The highest BCUT2D eigenvalue weighted by Gasteiger charge is 2.13. The third-order valence-electron chi connectivity index (χ3n) is 4.77. The maximum Gasteiger partial charge on any atom is 0.0935 e. The van der Waals surface area contributed by atoms with Gasteiger partial charge >= 0.3 is 0 Å². The van der Waals surface area contributed by atoms with E-state index in [-0.39, 0.29) is 0 Å². The summed E-state index contributed by atoms with van der Waals surface area (Å²) in [6.07, 6.45) is 3.58. The number of hydrogen-bond donors (Lipinski definition) is 2. The van der Waals surface area contributed by atoms with Crippen molar-refractivity contribution in [3.63, 3.8) is 0 Å². The third kappa shape index (κ3) is 4.01. The Hall–Kier alpha value is -2.89. The number of nitrogens with zero attached hydrogens (tertiary/aromatic N) is 3. The number of fused-ring (bicyclic) bond motifs is 2. The van der Waals surface area contributed by atoms with E-state index in [1.165, 1.54) is 11.1 Å². The lowest BCUT2D eigenvalue weighted by Gasteiger charge is -2.29. The summed E-state index contributed by atoms with van der Waals surface area (Å²) in [5.74, 6) is 0. The van der Waals surface area contributed by atoms with Gasteiger partial charge in [0.25, 0.3) is 0 Å². The normalized spacial score (nSPS) is 14.0. The highest BCUT2D eigenvalue weighted by atomic mass is 35.5. The first kappa shape index (κ1) is 18.5. The monoisotopic (exact) mass is 391 g/mol. The van der Waals surface area contributed by atoms with Crippen molar-refractivity contribution in [2.24, 2.45) is 0 Å². The summed E-state index contributed by atoms with van der Waals surface area (Å²) < 4.78 is 0. The van der Waals surface area contributed by atoms with Crippen molar-refractivity contribution < 1.29 is 0 Å². The maximum absolute atomic E-state index is 5.82. The van der Waals surface area contributed by atoms with Crippen LogP contribution in [0.5, 0.6) is 0 Å². The highest BCUT2D eigenvalue weighted by molar-refractivity contribution is 6.31. The van der Waals surface area contributed by atoms with Crippen LogP contribution in [0.3, 0.4) is 0 Å². The number of rotatable bonds is 1. The molecule has 5 rings (SSSR count). The molecule has 0 amide bonds. The fraction of sp³-hybridized carbons (Fsp3) is 0.182. The number of benzene rings is 2. The van der Waals surface area contributed by atoms with Crippen molar-refractivity contribution >= 4 is 44.8 Å². The Morgan fingerprint density at radius 2 is 1.54 bits per heavy atom. The van der Waals surface area contributed by atoms with E-state index in [2.05, 4.69) is 44.5 Å². The second kappa shape index (κ2) is 8.42. The van der Waals surface area contributed by atoms with Gasteiger partial charge < -0.3 is 16.0 Å². The van der Waals surface area contributed by atoms with Gasteiger partial charge in [0, 0.05) is 54.4 Å². The number of hydrogen-bond acceptors (Lipinski definition) is 5. The molecule has 0 saturated carbocycles. The molecule has 0 atom stereocenters. The first-order chi connectivity index (χ1) is 13.7. The lowest BCUT2D eigenvalue weighted by Crippen LogP contribution is -2.43. The van der Waals surface area contributed by atoms with E-state index in [1.807, 2.05) is 30.5 Å². The minimum absolute atomic E-state index is 0.623. The molecule has 3 heterocycles.